The number of hydrogen-bond donors (Lipinski definition) is 1. The molecule has 0 aliphatic carbocycles. The van der Waals surface area contributed by atoms with Crippen LogP contribution in [0.4, 0.5) is 4.39 Å². The fourth-order valence-electron chi connectivity index (χ4n) is 2.59. The van der Waals surface area contributed by atoms with Gasteiger partial charge in [0.1, 0.15) is 11.6 Å². The molecule has 1 aliphatic rings. The normalized spacial score (nSPS) is 14.9. The number of rotatable bonds is 2. The van der Waals surface area contributed by atoms with Crippen LogP contribution in [-0.4, -0.2) is 6.61 Å². The summed E-state index contributed by atoms with van der Waals surface area (Å²) in [6.07, 6.45) is 0.909. The van der Waals surface area contributed by atoms with Gasteiger partial charge in [0.15, 0.2) is 0 Å². The molecule has 1 atom stereocenters. The molecule has 0 amide bonds. The van der Waals surface area contributed by atoms with E-state index < -0.39 is 0 Å². The summed E-state index contributed by atoms with van der Waals surface area (Å²) in [7, 11) is 0. The molecule has 1 aliphatic heterocycles. The SMILES string of the molecule is CC(N)c1ccc(F)cc1-c1cccc2c1OCC2. The van der Waals surface area contributed by atoms with Crippen LogP contribution in [0.2, 0.25) is 0 Å². The molecule has 3 rings (SSSR count). The summed E-state index contributed by atoms with van der Waals surface area (Å²) in [5.41, 5.74) is 9.86. The second-order valence-electron chi connectivity index (χ2n) is 4.91. The van der Waals surface area contributed by atoms with Crippen LogP contribution in [0.25, 0.3) is 11.1 Å². The maximum absolute atomic E-state index is 13.6. The molecule has 2 aromatic rings. The van der Waals surface area contributed by atoms with Gasteiger partial charge in [0.25, 0.3) is 0 Å². The van der Waals surface area contributed by atoms with Crippen molar-refractivity contribution in [3.8, 4) is 16.9 Å². The maximum Gasteiger partial charge on any atom is 0.130 e. The van der Waals surface area contributed by atoms with Gasteiger partial charge in [0, 0.05) is 18.0 Å². The van der Waals surface area contributed by atoms with E-state index in [4.69, 9.17) is 10.5 Å². The smallest absolute Gasteiger partial charge is 0.130 e. The van der Waals surface area contributed by atoms with E-state index in [0.717, 1.165) is 28.9 Å². The van der Waals surface area contributed by atoms with Gasteiger partial charge < -0.3 is 10.5 Å². The number of fused-ring (bicyclic) bond motifs is 1. The first-order valence-electron chi connectivity index (χ1n) is 6.47. The summed E-state index contributed by atoms with van der Waals surface area (Å²) in [4.78, 5) is 0. The van der Waals surface area contributed by atoms with Crippen molar-refractivity contribution in [3.63, 3.8) is 0 Å². The molecule has 0 saturated carbocycles. The average molecular weight is 257 g/mol. The molecular formula is C16H16FNO. The van der Waals surface area contributed by atoms with Gasteiger partial charge in [-0.15, -0.1) is 0 Å². The van der Waals surface area contributed by atoms with Crippen LogP contribution in [0.3, 0.4) is 0 Å². The highest BCUT2D eigenvalue weighted by atomic mass is 19.1. The summed E-state index contributed by atoms with van der Waals surface area (Å²) in [6, 6.07) is 10.6. The summed E-state index contributed by atoms with van der Waals surface area (Å²) < 4.78 is 19.3. The van der Waals surface area contributed by atoms with Crippen molar-refractivity contribution >= 4 is 0 Å². The number of nitrogens with two attached hydrogens (primary N) is 1. The number of halogens is 1. The van der Waals surface area contributed by atoms with Crippen molar-refractivity contribution in [1.82, 2.24) is 0 Å². The van der Waals surface area contributed by atoms with Crippen LogP contribution in [0.1, 0.15) is 24.1 Å². The van der Waals surface area contributed by atoms with E-state index in [1.54, 1.807) is 6.07 Å². The van der Waals surface area contributed by atoms with Gasteiger partial charge in [-0.1, -0.05) is 24.3 Å². The molecular weight excluding hydrogens is 241 g/mol. The van der Waals surface area contributed by atoms with Crippen molar-refractivity contribution in [2.45, 2.75) is 19.4 Å². The lowest BCUT2D eigenvalue weighted by atomic mass is 9.94. The molecule has 2 aromatic carbocycles. The number of hydrogen-bond acceptors (Lipinski definition) is 2. The summed E-state index contributed by atoms with van der Waals surface area (Å²) in [6.45, 7) is 2.59. The van der Waals surface area contributed by atoms with Crippen molar-refractivity contribution in [3.05, 3.63) is 53.3 Å². The largest absolute Gasteiger partial charge is 0.492 e. The summed E-state index contributed by atoms with van der Waals surface area (Å²) in [5, 5.41) is 0. The Morgan fingerprint density at radius 2 is 2.05 bits per heavy atom. The van der Waals surface area contributed by atoms with Crippen molar-refractivity contribution in [1.29, 1.82) is 0 Å². The fourth-order valence-corrected chi connectivity index (χ4v) is 2.59. The highest BCUT2D eigenvalue weighted by Gasteiger charge is 2.19. The molecule has 1 unspecified atom stereocenters. The molecule has 3 heteroatoms. The van der Waals surface area contributed by atoms with Crippen LogP contribution < -0.4 is 10.5 Å². The van der Waals surface area contributed by atoms with E-state index in [1.807, 2.05) is 19.1 Å². The third-order valence-corrected chi connectivity index (χ3v) is 3.51. The van der Waals surface area contributed by atoms with Gasteiger partial charge in [0.2, 0.25) is 0 Å². The zero-order valence-electron chi connectivity index (χ0n) is 10.8. The van der Waals surface area contributed by atoms with Gasteiger partial charge in [-0.25, -0.2) is 4.39 Å². The molecule has 98 valence electrons. The molecule has 0 radical (unpaired) electrons. The molecule has 0 bridgehead atoms. The molecule has 0 fully saturated rings. The van der Waals surface area contributed by atoms with Crippen LogP contribution in [0.5, 0.6) is 5.75 Å². The van der Waals surface area contributed by atoms with Gasteiger partial charge in [-0.2, -0.15) is 0 Å². The maximum atomic E-state index is 13.6. The Labute approximate surface area is 112 Å². The first-order chi connectivity index (χ1) is 9.16. The number of benzene rings is 2. The molecule has 19 heavy (non-hydrogen) atoms. The van der Waals surface area contributed by atoms with Gasteiger partial charge >= 0.3 is 0 Å². The lowest BCUT2D eigenvalue weighted by molar-refractivity contribution is 0.358. The Kier molecular flexibility index (Phi) is 2.99. The first kappa shape index (κ1) is 12.2. The van der Waals surface area contributed by atoms with Crippen LogP contribution >= 0.6 is 0 Å². The van der Waals surface area contributed by atoms with Gasteiger partial charge in [0.05, 0.1) is 6.61 Å². The van der Waals surface area contributed by atoms with Crippen molar-refractivity contribution in [2.24, 2.45) is 5.73 Å². The predicted molar refractivity (Wildman–Crippen MR) is 73.6 cm³/mol. The Morgan fingerprint density at radius 1 is 1.21 bits per heavy atom. The minimum atomic E-state index is -0.255. The highest BCUT2D eigenvalue weighted by molar-refractivity contribution is 5.76. The third kappa shape index (κ3) is 2.10. The zero-order valence-corrected chi connectivity index (χ0v) is 10.8. The molecule has 0 saturated heterocycles. The molecule has 1 heterocycles. The average Bonchev–Trinajstić information content (AvgIpc) is 2.86. The van der Waals surface area contributed by atoms with E-state index in [1.165, 1.54) is 17.7 Å². The topological polar surface area (TPSA) is 35.2 Å². The minimum Gasteiger partial charge on any atom is -0.492 e. The van der Waals surface area contributed by atoms with Crippen LogP contribution in [-0.2, 0) is 6.42 Å². The highest BCUT2D eigenvalue weighted by Crippen LogP contribution is 2.39. The Bertz CT molecular complexity index is 622. The fraction of sp³-hybridized carbons (Fsp3) is 0.250. The molecule has 2 N–H and O–H groups in total. The van der Waals surface area contributed by atoms with Crippen molar-refractivity contribution in [2.75, 3.05) is 6.61 Å². The predicted octanol–water partition coefficient (Wildman–Crippen LogP) is 3.45. The monoisotopic (exact) mass is 257 g/mol. The minimum absolute atomic E-state index is 0.146. The zero-order chi connectivity index (χ0) is 13.4. The number of para-hydroxylation sites is 1. The Balaban J connectivity index is 2.22. The van der Waals surface area contributed by atoms with E-state index >= 15 is 0 Å². The van der Waals surface area contributed by atoms with Gasteiger partial charge in [-0.05, 0) is 35.7 Å². The second-order valence-corrected chi connectivity index (χ2v) is 4.91. The van der Waals surface area contributed by atoms with E-state index in [2.05, 4.69) is 6.07 Å². The lowest BCUT2D eigenvalue weighted by Crippen LogP contribution is -2.07. The van der Waals surface area contributed by atoms with E-state index in [9.17, 15) is 4.39 Å². The van der Waals surface area contributed by atoms with Crippen LogP contribution in [0, 0.1) is 5.82 Å². The third-order valence-electron chi connectivity index (χ3n) is 3.51. The van der Waals surface area contributed by atoms with Crippen molar-refractivity contribution < 1.29 is 9.13 Å². The van der Waals surface area contributed by atoms with E-state index in [0.29, 0.717) is 6.61 Å². The summed E-state index contributed by atoms with van der Waals surface area (Å²) >= 11 is 0. The molecule has 0 spiro atoms. The standard InChI is InChI=1S/C16H16FNO/c1-10(18)13-6-5-12(17)9-15(13)14-4-2-3-11-7-8-19-16(11)14/h2-6,9-10H,7-8,18H2,1H3. The number of ether oxygens (including phenoxy) is 1. The van der Waals surface area contributed by atoms with Gasteiger partial charge in [-0.3, -0.25) is 0 Å². The first-order valence-corrected chi connectivity index (χ1v) is 6.47. The van der Waals surface area contributed by atoms with E-state index in [-0.39, 0.29) is 11.9 Å². The Morgan fingerprint density at radius 3 is 2.84 bits per heavy atom. The summed E-state index contributed by atoms with van der Waals surface area (Å²) in [5.74, 6) is 0.616. The lowest BCUT2D eigenvalue weighted by Gasteiger charge is -2.15. The quantitative estimate of drug-likeness (QED) is 0.894. The Hall–Kier alpha value is -1.87. The molecule has 2 nitrogen and oxygen atoms in total. The van der Waals surface area contributed by atoms with Crippen LogP contribution in [0.15, 0.2) is 36.4 Å². The molecule has 0 aromatic heterocycles. The second kappa shape index (κ2) is 4.67.